The van der Waals surface area contributed by atoms with Gasteiger partial charge in [-0.3, -0.25) is 9.89 Å². The predicted molar refractivity (Wildman–Crippen MR) is 87.4 cm³/mol. The number of nitrogens with zero attached hydrogens (tertiary/aromatic N) is 3. The molecule has 5 nitrogen and oxygen atoms in total. The fourth-order valence-corrected chi connectivity index (χ4v) is 2.21. The standard InChI is InChI=1S/C17H16N4O/c1-12-7-6-10-18-16(12)19-11-15-13(2)20-21(17(15)22)14-8-4-3-5-9-14/h3-11,20H,1-2H3. The molecular formula is C17H16N4O. The monoisotopic (exact) mass is 292 g/mol. The molecule has 0 spiro atoms. The van der Waals surface area contributed by atoms with Gasteiger partial charge in [-0.15, -0.1) is 0 Å². The molecule has 0 saturated heterocycles. The molecule has 5 heteroatoms. The Hall–Kier alpha value is -2.95. The van der Waals surface area contributed by atoms with Crippen molar-refractivity contribution in [1.82, 2.24) is 14.8 Å². The molecule has 3 rings (SSSR count). The first kappa shape index (κ1) is 14.0. The Morgan fingerprint density at radius 2 is 1.91 bits per heavy atom. The van der Waals surface area contributed by atoms with Gasteiger partial charge in [0.25, 0.3) is 5.56 Å². The van der Waals surface area contributed by atoms with Crippen LogP contribution >= 0.6 is 0 Å². The number of rotatable bonds is 3. The SMILES string of the molecule is Cc1cccnc1N=Cc1c(C)[nH]n(-c2ccccc2)c1=O. The Labute approximate surface area is 128 Å². The van der Waals surface area contributed by atoms with Gasteiger partial charge in [0.2, 0.25) is 0 Å². The third-order valence-corrected chi connectivity index (χ3v) is 3.43. The van der Waals surface area contributed by atoms with Crippen LogP contribution in [0.15, 0.2) is 58.4 Å². The normalized spacial score (nSPS) is 11.2. The van der Waals surface area contributed by atoms with Crippen molar-refractivity contribution < 1.29 is 0 Å². The van der Waals surface area contributed by atoms with Gasteiger partial charge < -0.3 is 0 Å². The van der Waals surface area contributed by atoms with Crippen LogP contribution in [-0.4, -0.2) is 21.0 Å². The number of aliphatic imine (C=N–C) groups is 1. The largest absolute Gasteiger partial charge is 0.295 e. The van der Waals surface area contributed by atoms with Crippen LogP contribution in [0.1, 0.15) is 16.8 Å². The van der Waals surface area contributed by atoms with Gasteiger partial charge in [-0.1, -0.05) is 24.3 Å². The minimum absolute atomic E-state index is 0.124. The highest BCUT2D eigenvalue weighted by Gasteiger charge is 2.10. The van der Waals surface area contributed by atoms with E-state index in [1.54, 1.807) is 12.4 Å². The van der Waals surface area contributed by atoms with Crippen molar-refractivity contribution in [3.8, 4) is 5.69 Å². The first-order valence-corrected chi connectivity index (χ1v) is 6.99. The fraction of sp³-hybridized carbons (Fsp3) is 0.118. The van der Waals surface area contributed by atoms with Crippen LogP contribution in [-0.2, 0) is 0 Å². The van der Waals surface area contributed by atoms with E-state index in [-0.39, 0.29) is 5.56 Å². The van der Waals surface area contributed by atoms with Crippen molar-refractivity contribution >= 4 is 12.0 Å². The molecule has 0 bridgehead atoms. The number of nitrogens with one attached hydrogen (secondary N) is 1. The van der Waals surface area contributed by atoms with Crippen LogP contribution in [0, 0.1) is 13.8 Å². The number of pyridine rings is 1. The van der Waals surface area contributed by atoms with Crippen LogP contribution in [0.2, 0.25) is 0 Å². The molecule has 0 aliphatic heterocycles. The first-order chi connectivity index (χ1) is 10.7. The third-order valence-electron chi connectivity index (χ3n) is 3.43. The average molecular weight is 292 g/mol. The first-order valence-electron chi connectivity index (χ1n) is 6.99. The van der Waals surface area contributed by atoms with E-state index in [1.165, 1.54) is 4.68 Å². The van der Waals surface area contributed by atoms with Crippen molar-refractivity contribution in [3.05, 3.63) is 75.8 Å². The molecule has 22 heavy (non-hydrogen) atoms. The number of aromatic amines is 1. The zero-order chi connectivity index (χ0) is 15.5. The number of hydrogen-bond acceptors (Lipinski definition) is 3. The van der Waals surface area contributed by atoms with Gasteiger partial charge in [-0.25, -0.2) is 14.7 Å². The molecule has 0 atom stereocenters. The number of hydrogen-bond donors (Lipinski definition) is 1. The van der Waals surface area contributed by atoms with E-state index >= 15 is 0 Å². The lowest BCUT2D eigenvalue weighted by Crippen LogP contribution is -2.17. The maximum Gasteiger partial charge on any atom is 0.280 e. The highest BCUT2D eigenvalue weighted by atomic mass is 16.1. The Morgan fingerprint density at radius 3 is 2.64 bits per heavy atom. The zero-order valence-corrected chi connectivity index (χ0v) is 12.4. The van der Waals surface area contributed by atoms with E-state index < -0.39 is 0 Å². The molecule has 3 aromatic rings. The lowest BCUT2D eigenvalue weighted by atomic mass is 10.2. The van der Waals surface area contributed by atoms with Gasteiger partial charge >= 0.3 is 0 Å². The van der Waals surface area contributed by atoms with E-state index in [1.807, 2.05) is 56.3 Å². The summed E-state index contributed by atoms with van der Waals surface area (Å²) in [6.45, 7) is 3.79. The molecule has 0 fully saturated rings. The van der Waals surface area contributed by atoms with Crippen molar-refractivity contribution in [2.45, 2.75) is 13.8 Å². The molecule has 2 heterocycles. The van der Waals surface area contributed by atoms with Crippen LogP contribution in [0.5, 0.6) is 0 Å². The number of aromatic nitrogens is 3. The second-order valence-corrected chi connectivity index (χ2v) is 5.03. The molecule has 2 aromatic heterocycles. The highest BCUT2D eigenvalue weighted by Crippen LogP contribution is 2.13. The van der Waals surface area contributed by atoms with Crippen LogP contribution in [0.4, 0.5) is 5.82 Å². The van der Waals surface area contributed by atoms with Gasteiger partial charge in [0.1, 0.15) is 0 Å². The van der Waals surface area contributed by atoms with Crippen molar-refractivity contribution in [1.29, 1.82) is 0 Å². The summed E-state index contributed by atoms with van der Waals surface area (Å²) < 4.78 is 1.52. The Morgan fingerprint density at radius 1 is 1.14 bits per heavy atom. The molecule has 0 aliphatic rings. The summed E-state index contributed by atoms with van der Waals surface area (Å²) >= 11 is 0. The topological polar surface area (TPSA) is 63.0 Å². The second-order valence-electron chi connectivity index (χ2n) is 5.03. The number of aryl methyl sites for hydroxylation is 2. The van der Waals surface area contributed by atoms with Gasteiger partial charge in [0.05, 0.1) is 11.3 Å². The van der Waals surface area contributed by atoms with Crippen LogP contribution in [0.3, 0.4) is 0 Å². The molecule has 1 N–H and O–H groups in total. The maximum atomic E-state index is 12.5. The summed E-state index contributed by atoms with van der Waals surface area (Å²) in [5, 5.41) is 3.07. The van der Waals surface area contributed by atoms with Gasteiger partial charge in [0, 0.05) is 18.1 Å². The summed E-state index contributed by atoms with van der Waals surface area (Å²) in [5.74, 6) is 0.619. The molecule has 0 radical (unpaired) electrons. The van der Waals surface area contributed by atoms with Crippen LogP contribution in [0.25, 0.3) is 5.69 Å². The van der Waals surface area contributed by atoms with Crippen molar-refractivity contribution in [2.75, 3.05) is 0 Å². The second kappa shape index (κ2) is 5.81. The molecule has 0 unspecified atom stereocenters. The molecule has 0 aliphatic carbocycles. The van der Waals surface area contributed by atoms with E-state index in [9.17, 15) is 4.79 Å². The van der Waals surface area contributed by atoms with E-state index in [0.717, 1.165) is 16.9 Å². The molecule has 0 amide bonds. The Balaban J connectivity index is 2.01. The van der Waals surface area contributed by atoms with Gasteiger partial charge in [-0.05, 0) is 37.6 Å². The average Bonchev–Trinajstić information content (AvgIpc) is 2.82. The van der Waals surface area contributed by atoms with Crippen LogP contribution < -0.4 is 5.56 Å². The molecular weight excluding hydrogens is 276 g/mol. The fourth-order valence-electron chi connectivity index (χ4n) is 2.21. The zero-order valence-electron chi connectivity index (χ0n) is 12.4. The lowest BCUT2D eigenvalue weighted by Gasteiger charge is -1.99. The quantitative estimate of drug-likeness (QED) is 0.754. The van der Waals surface area contributed by atoms with Crippen molar-refractivity contribution in [3.63, 3.8) is 0 Å². The maximum absolute atomic E-state index is 12.5. The number of para-hydroxylation sites is 1. The lowest BCUT2D eigenvalue weighted by molar-refractivity contribution is 0.835. The molecule has 110 valence electrons. The minimum atomic E-state index is -0.124. The van der Waals surface area contributed by atoms with Gasteiger partial charge in [-0.2, -0.15) is 0 Å². The summed E-state index contributed by atoms with van der Waals surface area (Å²) in [5.41, 5.74) is 2.95. The molecule has 0 saturated carbocycles. The van der Waals surface area contributed by atoms with E-state index in [0.29, 0.717) is 11.4 Å². The number of benzene rings is 1. The Bertz CT molecular complexity index is 875. The van der Waals surface area contributed by atoms with E-state index in [2.05, 4.69) is 15.1 Å². The minimum Gasteiger partial charge on any atom is -0.295 e. The summed E-state index contributed by atoms with van der Waals surface area (Å²) in [7, 11) is 0. The van der Waals surface area contributed by atoms with E-state index in [4.69, 9.17) is 0 Å². The van der Waals surface area contributed by atoms with Gasteiger partial charge in [0.15, 0.2) is 5.82 Å². The van der Waals surface area contributed by atoms with Crippen molar-refractivity contribution in [2.24, 2.45) is 4.99 Å². The highest BCUT2D eigenvalue weighted by molar-refractivity contribution is 5.82. The summed E-state index contributed by atoms with van der Waals surface area (Å²) in [4.78, 5) is 21.1. The summed E-state index contributed by atoms with van der Waals surface area (Å²) in [6, 6.07) is 13.2. The third kappa shape index (κ3) is 2.61. The predicted octanol–water partition coefficient (Wildman–Crippen LogP) is 2.93. The summed E-state index contributed by atoms with van der Waals surface area (Å²) in [6.07, 6.45) is 3.26. The molecule has 1 aromatic carbocycles. The number of H-pyrrole nitrogens is 1. The smallest absolute Gasteiger partial charge is 0.280 e. The Kier molecular flexibility index (Phi) is 3.70.